The predicted octanol–water partition coefficient (Wildman–Crippen LogP) is 1.99. The molecular formula is C25H43N3O5. The zero-order valence-electron chi connectivity index (χ0n) is 21.0. The summed E-state index contributed by atoms with van der Waals surface area (Å²) in [7, 11) is 0. The minimum atomic E-state index is -0.980. The van der Waals surface area contributed by atoms with Gasteiger partial charge in [-0.15, -0.1) is 0 Å². The van der Waals surface area contributed by atoms with Crippen molar-refractivity contribution in [3.63, 3.8) is 0 Å². The highest BCUT2D eigenvalue weighted by molar-refractivity contribution is 5.99. The van der Waals surface area contributed by atoms with Crippen LogP contribution in [0.4, 0.5) is 0 Å². The van der Waals surface area contributed by atoms with E-state index in [2.05, 4.69) is 24.5 Å². The summed E-state index contributed by atoms with van der Waals surface area (Å²) in [6.45, 7) is 11.1. The molecule has 3 rings (SSSR count). The Morgan fingerprint density at radius 2 is 1.94 bits per heavy atom. The summed E-state index contributed by atoms with van der Waals surface area (Å²) in [5.74, 6) is -1.67. The lowest BCUT2D eigenvalue weighted by Gasteiger charge is -2.36. The quantitative estimate of drug-likeness (QED) is 0.382. The third kappa shape index (κ3) is 4.41. The lowest BCUT2D eigenvalue weighted by Crippen LogP contribution is -2.57. The predicted molar refractivity (Wildman–Crippen MR) is 125 cm³/mol. The van der Waals surface area contributed by atoms with Crippen LogP contribution in [0.2, 0.25) is 0 Å². The molecule has 0 aromatic rings. The normalized spacial score (nSPS) is 35.6. The molecule has 3 N–H and O–H groups in total. The van der Waals surface area contributed by atoms with Crippen LogP contribution in [0, 0.1) is 17.8 Å². The Hall–Kier alpha value is -1.67. The Bertz CT molecular complexity index is 746. The van der Waals surface area contributed by atoms with E-state index in [4.69, 9.17) is 9.84 Å². The first-order valence-electron chi connectivity index (χ1n) is 12.9. The van der Waals surface area contributed by atoms with Crippen molar-refractivity contribution in [2.24, 2.45) is 17.8 Å². The third-order valence-corrected chi connectivity index (χ3v) is 8.06. The summed E-state index contributed by atoms with van der Waals surface area (Å²) >= 11 is 0. The van der Waals surface area contributed by atoms with Crippen LogP contribution in [-0.2, 0) is 19.1 Å². The molecule has 3 aliphatic rings. The molecule has 3 heterocycles. The number of aliphatic hydroxyl groups is 1. The van der Waals surface area contributed by atoms with E-state index in [1.54, 1.807) is 4.90 Å². The van der Waals surface area contributed by atoms with Crippen molar-refractivity contribution >= 4 is 17.7 Å². The minimum Gasteiger partial charge on any atom is -0.396 e. The van der Waals surface area contributed by atoms with Gasteiger partial charge in [0.1, 0.15) is 11.6 Å². The number of carbonyl (C=O) groups is 3. The van der Waals surface area contributed by atoms with E-state index in [0.29, 0.717) is 32.4 Å². The Labute approximate surface area is 198 Å². The van der Waals surface area contributed by atoms with Crippen molar-refractivity contribution in [2.45, 2.75) is 103 Å². The van der Waals surface area contributed by atoms with E-state index in [0.717, 1.165) is 25.7 Å². The van der Waals surface area contributed by atoms with Gasteiger partial charge in [0, 0.05) is 25.7 Å². The van der Waals surface area contributed by atoms with E-state index in [1.165, 1.54) is 0 Å². The van der Waals surface area contributed by atoms with Gasteiger partial charge in [-0.25, -0.2) is 0 Å². The second-order valence-corrected chi connectivity index (χ2v) is 10.5. The Morgan fingerprint density at radius 3 is 2.58 bits per heavy atom. The number of likely N-dealkylation sites (tertiary alicyclic amines) is 1. The first-order chi connectivity index (χ1) is 15.7. The van der Waals surface area contributed by atoms with Crippen molar-refractivity contribution in [2.75, 3.05) is 19.7 Å². The molecular weight excluding hydrogens is 422 g/mol. The summed E-state index contributed by atoms with van der Waals surface area (Å²) in [5.41, 5.74) is -1.75. The van der Waals surface area contributed by atoms with Crippen molar-refractivity contribution in [1.29, 1.82) is 0 Å². The van der Waals surface area contributed by atoms with Crippen molar-refractivity contribution in [3.8, 4) is 0 Å². The molecule has 1 spiro atoms. The second kappa shape index (κ2) is 10.3. The van der Waals surface area contributed by atoms with Crippen LogP contribution in [0.1, 0.15) is 79.6 Å². The van der Waals surface area contributed by atoms with Crippen molar-refractivity contribution < 1.29 is 24.2 Å². The molecule has 2 bridgehead atoms. The fourth-order valence-corrected chi connectivity index (χ4v) is 6.44. The molecule has 3 fully saturated rings. The molecule has 8 nitrogen and oxygen atoms in total. The van der Waals surface area contributed by atoms with Crippen LogP contribution >= 0.6 is 0 Å². The number of unbranched alkanes of at least 4 members (excludes halogenated alkanes) is 2. The maximum Gasteiger partial charge on any atom is 0.246 e. The third-order valence-electron chi connectivity index (χ3n) is 8.06. The number of amides is 3. The summed E-state index contributed by atoms with van der Waals surface area (Å²) in [4.78, 5) is 42.4. The Morgan fingerprint density at radius 1 is 1.21 bits per heavy atom. The second-order valence-electron chi connectivity index (χ2n) is 10.5. The average Bonchev–Trinajstić information content (AvgIpc) is 3.26. The zero-order valence-corrected chi connectivity index (χ0v) is 21.0. The number of nitrogens with zero attached hydrogens (tertiary/aromatic N) is 1. The number of hydrogen-bond donors (Lipinski definition) is 3. The van der Waals surface area contributed by atoms with Gasteiger partial charge in [-0.05, 0) is 58.3 Å². The largest absolute Gasteiger partial charge is 0.396 e. The fourth-order valence-electron chi connectivity index (χ4n) is 6.44. The van der Waals surface area contributed by atoms with Crippen LogP contribution < -0.4 is 10.6 Å². The molecule has 0 aromatic heterocycles. The maximum atomic E-state index is 13.8. The molecule has 0 aliphatic carbocycles. The van der Waals surface area contributed by atoms with E-state index in [-0.39, 0.29) is 36.3 Å². The smallest absolute Gasteiger partial charge is 0.246 e. The molecule has 33 heavy (non-hydrogen) atoms. The van der Waals surface area contributed by atoms with Gasteiger partial charge in [0.25, 0.3) is 0 Å². The molecule has 3 aliphatic heterocycles. The fraction of sp³-hybridized carbons (Fsp3) is 0.880. The standard InChI is InChI=1S/C25H43N3O5/c1-6-11-17(4)27-22(31)20-25-15-16(3)24(5,33-25)18(21(30)26-12-7-2)19(25)23(32)28(20)13-9-8-10-14-29/h16-20,29H,6-15H2,1-5H3,(H,26,30)(H,27,31)/t16?,17?,18-,19-,20?,24+,25?/m0/s1. The van der Waals surface area contributed by atoms with Gasteiger partial charge >= 0.3 is 0 Å². The number of fused-ring (bicyclic) bond motifs is 1. The first-order valence-corrected chi connectivity index (χ1v) is 12.9. The monoisotopic (exact) mass is 465 g/mol. The van der Waals surface area contributed by atoms with Crippen LogP contribution in [0.25, 0.3) is 0 Å². The van der Waals surface area contributed by atoms with Gasteiger partial charge in [0.05, 0.1) is 17.4 Å². The molecule has 0 saturated carbocycles. The van der Waals surface area contributed by atoms with Crippen LogP contribution in [-0.4, -0.2) is 70.7 Å². The van der Waals surface area contributed by atoms with Crippen LogP contribution in [0.15, 0.2) is 0 Å². The van der Waals surface area contributed by atoms with Crippen LogP contribution in [0.3, 0.4) is 0 Å². The van der Waals surface area contributed by atoms with Gasteiger partial charge in [0.15, 0.2) is 0 Å². The maximum absolute atomic E-state index is 13.8. The molecule has 0 aromatic carbocycles. The highest BCUT2D eigenvalue weighted by Crippen LogP contribution is 2.65. The van der Waals surface area contributed by atoms with E-state index >= 15 is 0 Å². The summed E-state index contributed by atoms with van der Waals surface area (Å²) in [5, 5.41) is 15.2. The Balaban J connectivity index is 1.96. The number of hydrogen-bond acceptors (Lipinski definition) is 5. The summed E-state index contributed by atoms with van der Waals surface area (Å²) in [6.07, 6.45) is 5.34. The number of carbonyl (C=O) groups excluding carboxylic acids is 3. The molecule has 7 atom stereocenters. The molecule has 0 radical (unpaired) electrons. The van der Waals surface area contributed by atoms with Crippen molar-refractivity contribution in [3.05, 3.63) is 0 Å². The molecule has 4 unspecified atom stereocenters. The highest BCUT2D eigenvalue weighted by Gasteiger charge is 2.79. The van der Waals surface area contributed by atoms with E-state index < -0.39 is 29.1 Å². The lowest BCUT2D eigenvalue weighted by molar-refractivity contribution is -0.147. The number of ether oxygens (including phenoxy) is 1. The number of rotatable bonds is 12. The van der Waals surface area contributed by atoms with Gasteiger partial charge in [-0.1, -0.05) is 27.2 Å². The number of aliphatic hydroxyl groups excluding tert-OH is 1. The Kier molecular flexibility index (Phi) is 8.10. The average molecular weight is 466 g/mol. The minimum absolute atomic E-state index is 0.000413. The van der Waals surface area contributed by atoms with E-state index in [1.807, 2.05) is 20.8 Å². The van der Waals surface area contributed by atoms with Gasteiger partial charge in [-0.2, -0.15) is 0 Å². The molecule has 3 saturated heterocycles. The molecule has 8 heteroatoms. The summed E-state index contributed by atoms with van der Waals surface area (Å²) in [6, 6.07) is -0.740. The van der Waals surface area contributed by atoms with Crippen LogP contribution in [0.5, 0.6) is 0 Å². The van der Waals surface area contributed by atoms with Crippen molar-refractivity contribution in [1.82, 2.24) is 15.5 Å². The zero-order chi connectivity index (χ0) is 24.4. The van der Waals surface area contributed by atoms with Gasteiger partial charge in [-0.3, -0.25) is 14.4 Å². The number of nitrogens with one attached hydrogen (secondary N) is 2. The molecule has 188 valence electrons. The SMILES string of the molecule is CCCNC(=O)[C@@H]1[C@H]2C(=O)N(CCCCCO)C(C(=O)NC(C)CCC)C23CC(C)[C@@]1(C)O3. The van der Waals surface area contributed by atoms with Gasteiger partial charge in [0.2, 0.25) is 17.7 Å². The topological polar surface area (TPSA) is 108 Å². The highest BCUT2D eigenvalue weighted by atomic mass is 16.5. The summed E-state index contributed by atoms with van der Waals surface area (Å²) < 4.78 is 6.68. The van der Waals surface area contributed by atoms with E-state index in [9.17, 15) is 14.4 Å². The first kappa shape index (κ1) is 25.9. The lowest BCUT2D eigenvalue weighted by atomic mass is 9.62. The van der Waals surface area contributed by atoms with Gasteiger partial charge < -0.3 is 25.4 Å². The molecule has 3 amide bonds.